The van der Waals surface area contributed by atoms with Gasteiger partial charge in [-0.3, -0.25) is 0 Å². The highest BCUT2D eigenvalue weighted by molar-refractivity contribution is 5.97. The fraction of sp³-hybridized carbons (Fsp3) is 0.500. The van der Waals surface area contributed by atoms with Gasteiger partial charge in [-0.2, -0.15) is 0 Å². The Kier molecular flexibility index (Phi) is 4.00. The van der Waals surface area contributed by atoms with Crippen LogP contribution in [0.3, 0.4) is 0 Å². The Morgan fingerprint density at radius 3 is 2.67 bits per heavy atom. The second-order valence-corrected chi connectivity index (χ2v) is 6.26. The maximum atomic E-state index is 5.89. The first-order valence-electron chi connectivity index (χ1n) is 7.97. The number of rotatable bonds is 4. The van der Waals surface area contributed by atoms with E-state index in [1.165, 1.54) is 36.8 Å². The molecule has 3 rings (SSSR count). The van der Waals surface area contributed by atoms with E-state index in [-0.39, 0.29) is 6.10 Å². The van der Waals surface area contributed by atoms with E-state index < -0.39 is 0 Å². The number of fused-ring (bicyclic) bond motifs is 1. The van der Waals surface area contributed by atoms with Crippen LogP contribution in [0.1, 0.15) is 45.2 Å². The van der Waals surface area contributed by atoms with E-state index in [1.807, 2.05) is 20.8 Å². The quantitative estimate of drug-likeness (QED) is 0.884. The van der Waals surface area contributed by atoms with Gasteiger partial charge in [0.25, 0.3) is 0 Å². The summed E-state index contributed by atoms with van der Waals surface area (Å²) >= 11 is 0. The Bertz CT molecular complexity index is 630. The lowest BCUT2D eigenvalue weighted by molar-refractivity contribution is 0.235. The summed E-state index contributed by atoms with van der Waals surface area (Å²) in [4.78, 5) is 4.56. The molecule has 0 saturated heterocycles. The summed E-state index contributed by atoms with van der Waals surface area (Å²) in [6, 6.07) is 9.11. The minimum Gasteiger partial charge on any atom is -0.474 e. The predicted octanol–water partition coefficient (Wildman–Crippen LogP) is 4.68. The number of aromatic nitrogens is 1. The molecule has 0 bridgehead atoms. The van der Waals surface area contributed by atoms with Crippen LogP contribution in [-0.2, 0) is 0 Å². The molecule has 1 aliphatic carbocycles. The van der Waals surface area contributed by atoms with E-state index in [9.17, 15) is 0 Å². The molecule has 1 saturated carbocycles. The first-order chi connectivity index (χ1) is 10.1. The first kappa shape index (κ1) is 14.2. The molecule has 3 heteroatoms. The van der Waals surface area contributed by atoms with Gasteiger partial charge in [0.1, 0.15) is 0 Å². The molecule has 0 spiro atoms. The lowest BCUT2D eigenvalue weighted by Gasteiger charge is -2.18. The van der Waals surface area contributed by atoms with Crippen LogP contribution in [-0.4, -0.2) is 17.1 Å². The van der Waals surface area contributed by atoms with Crippen LogP contribution in [0.5, 0.6) is 5.88 Å². The van der Waals surface area contributed by atoms with Crippen molar-refractivity contribution in [1.29, 1.82) is 0 Å². The SMILES string of the molecule is Cc1cc2c(NC3CCCC3)cccc2c(OC(C)C)n1. The van der Waals surface area contributed by atoms with E-state index in [2.05, 4.69) is 34.6 Å². The molecular weight excluding hydrogens is 260 g/mol. The summed E-state index contributed by atoms with van der Waals surface area (Å²) in [7, 11) is 0. The van der Waals surface area contributed by atoms with Crippen molar-refractivity contribution in [3.05, 3.63) is 30.0 Å². The van der Waals surface area contributed by atoms with E-state index in [1.54, 1.807) is 0 Å². The Morgan fingerprint density at radius 2 is 1.95 bits per heavy atom. The fourth-order valence-electron chi connectivity index (χ4n) is 3.10. The van der Waals surface area contributed by atoms with Crippen molar-refractivity contribution >= 4 is 16.5 Å². The molecule has 1 heterocycles. The Morgan fingerprint density at radius 1 is 1.19 bits per heavy atom. The second-order valence-electron chi connectivity index (χ2n) is 6.26. The average molecular weight is 284 g/mol. The van der Waals surface area contributed by atoms with E-state index in [0.717, 1.165) is 17.0 Å². The molecule has 0 radical (unpaired) electrons. The highest BCUT2D eigenvalue weighted by Crippen LogP contribution is 2.32. The first-order valence-corrected chi connectivity index (χ1v) is 7.97. The van der Waals surface area contributed by atoms with Gasteiger partial charge in [-0.15, -0.1) is 0 Å². The average Bonchev–Trinajstić information content (AvgIpc) is 2.92. The largest absolute Gasteiger partial charge is 0.474 e. The van der Waals surface area contributed by atoms with Crippen molar-refractivity contribution in [1.82, 2.24) is 4.98 Å². The topological polar surface area (TPSA) is 34.1 Å². The Hall–Kier alpha value is -1.77. The maximum Gasteiger partial charge on any atom is 0.221 e. The van der Waals surface area contributed by atoms with Crippen molar-refractivity contribution < 1.29 is 4.74 Å². The van der Waals surface area contributed by atoms with Crippen molar-refractivity contribution in [2.24, 2.45) is 0 Å². The smallest absolute Gasteiger partial charge is 0.221 e. The van der Waals surface area contributed by atoms with Crippen LogP contribution in [0, 0.1) is 6.92 Å². The van der Waals surface area contributed by atoms with Crippen LogP contribution in [0.15, 0.2) is 24.3 Å². The molecule has 3 nitrogen and oxygen atoms in total. The van der Waals surface area contributed by atoms with Crippen LogP contribution < -0.4 is 10.1 Å². The minimum absolute atomic E-state index is 0.133. The molecule has 1 aliphatic rings. The molecule has 112 valence electrons. The molecule has 0 aliphatic heterocycles. The predicted molar refractivity (Wildman–Crippen MR) is 88.1 cm³/mol. The van der Waals surface area contributed by atoms with Crippen molar-refractivity contribution in [3.8, 4) is 5.88 Å². The Balaban J connectivity index is 2.02. The number of aryl methyl sites for hydroxylation is 1. The normalized spacial score (nSPS) is 15.8. The number of nitrogens with one attached hydrogen (secondary N) is 1. The van der Waals surface area contributed by atoms with Crippen molar-refractivity contribution in [3.63, 3.8) is 0 Å². The zero-order valence-corrected chi connectivity index (χ0v) is 13.1. The van der Waals surface area contributed by atoms with Crippen LogP contribution in [0.25, 0.3) is 10.8 Å². The van der Waals surface area contributed by atoms with Crippen molar-refractivity contribution in [2.75, 3.05) is 5.32 Å². The molecule has 1 aromatic carbocycles. The van der Waals surface area contributed by atoms with Crippen LogP contribution >= 0.6 is 0 Å². The van der Waals surface area contributed by atoms with Gasteiger partial charge in [0.15, 0.2) is 0 Å². The Labute approximate surface area is 126 Å². The zero-order valence-electron chi connectivity index (χ0n) is 13.1. The van der Waals surface area contributed by atoms with E-state index >= 15 is 0 Å². The summed E-state index contributed by atoms with van der Waals surface area (Å²) in [5.74, 6) is 0.745. The number of hydrogen-bond acceptors (Lipinski definition) is 3. The fourth-order valence-corrected chi connectivity index (χ4v) is 3.10. The van der Waals surface area contributed by atoms with E-state index in [4.69, 9.17) is 4.74 Å². The summed E-state index contributed by atoms with van der Waals surface area (Å²) < 4.78 is 5.89. The summed E-state index contributed by atoms with van der Waals surface area (Å²) in [5.41, 5.74) is 2.21. The third kappa shape index (κ3) is 3.12. The summed E-state index contributed by atoms with van der Waals surface area (Å²) in [6.45, 7) is 6.10. The van der Waals surface area contributed by atoms with Crippen LogP contribution in [0.2, 0.25) is 0 Å². The van der Waals surface area contributed by atoms with Crippen LogP contribution in [0.4, 0.5) is 5.69 Å². The van der Waals surface area contributed by atoms with Gasteiger partial charge in [-0.1, -0.05) is 18.9 Å². The van der Waals surface area contributed by atoms with Gasteiger partial charge in [-0.05, 0) is 51.8 Å². The monoisotopic (exact) mass is 284 g/mol. The lowest BCUT2D eigenvalue weighted by atomic mass is 10.1. The summed E-state index contributed by atoms with van der Waals surface area (Å²) in [5, 5.41) is 6.02. The number of benzene rings is 1. The number of pyridine rings is 1. The molecule has 0 amide bonds. The maximum absolute atomic E-state index is 5.89. The minimum atomic E-state index is 0.133. The van der Waals surface area contributed by atoms with Gasteiger partial charge in [0.2, 0.25) is 5.88 Å². The summed E-state index contributed by atoms with van der Waals surface area (Å²) in [6.07, 6.45) is 5.36. The highest BCUT2D eigenvalue weighted by atomic mass is 16.5. The molecule has 1 fully saturated rings. The molecule has 0 atom stereocenters. The van der Waals surface area contributed by atoms with Gasteiger partial charge >= 0.3 is 0 Å². The molecule has 21 heavy (non-hydrogen) atoms. The van der Waals surface area contributed by atoms with Gasteiger partial charge < -0.3 is 10.1 Å². The zero-order chi connectivity index (χ0) is 14.8. The van der Waals surface area contributed by atoms with E-state index in [0.29, 0.717) is 6.04 Å². The molecular formula is C18H24N2O. The molecule has 1 N–H and O–H groups in total. The number of anilines is 1. The third-order valence-electron chi connectivity index (χ3n) is 4.03. The lowest BCUT2D eigenvalue weighted by Crippen LogP contribution is -2.15. The highest BCUT2D eigenvalue weighted by Gasteiger charge is 2.16. The van der Waals surface area contributed by atoms with Gasteiger partial charge in [-0.25, -0.2) is 4.98 Å². The second kappa shape index (κ2) is 5.92. The third-order valence-corrected chi connectivity index (χ3v) is 4.03. The number of ether oxygens (including phenoxy) is 1. The number of nitrogens with zero attached hydrogens (tertiary/aromatic N) is 1. The molecule has 1 aromatic heterocycles. The number of hydrogen-bond donors (Lipinski definition) is 1. The van der Waals surface area contributed by atoms with Crippen molar-refractivity contribution in [2.45, 2.75) is 58.6 Å². The van der Waals surface area contributed by atoms with Gasteiger partial charge in [0, 0.05) is 28.2 Å². The standard InChI is InChI=1S/C18H24N2O/c1-12(2)21-18-15-9-6-10-17(16(15)11-13(3)19-18)20-14-7-4-5-8-14/h6,9-12,14,20H,4-5,7-8H2,1-3H3. The molecule has 2 aromatic rings. The van der Waals surface area contributed by atoms with Gasteiger partial charge in [0.05, 0.1) is 6.10 Å². The molecule has 0 unspecified atom stereocenters.